The van der Waals surface area contributed by atoms with Gasteiger partial charge in [0.2, 0.25) is 6.10 Å². The van der Waals surface area contributed by atoms with Crippen LogP contribution in [0, 0.1) is 0 Å². The average Bonchev–Trinajstić information content (AvgIpc) is 2.56. The first kappa shape index (κ1) is 14.5. The van der Waals surface area contributed by atoms with E-state index in [1.54, 1.807) is 11.5 Å². The summed E-state index contributed by atoms with van der Waals surface area (Å²) < 4.78 is 11.3. The Kier molecular flexibility index (Phi) is 4.34. The largest absolute Gasteiger partial charge is 0.485 e. The molecule has 4 nitrogen and oxygen atoms in total. The van der Waals surface area contributed by atoms with Gasteiger partial charge in [-0.25, -0.2) is 0 Å². The normalized spacial score (nSPS) is 15.9. The molecule has 2 aromatic carbocycles. The van der Waals surface area contributed by atoms with E-state index in [0.29, 0.717) is 11.5 Å². The lowest BCUT2D eigenvalue weighted by Gasteiger charge is -2.25. The van der Waals surface area contributed by atoms with Crippen molar-refractivity contribution >= 4 is 23.4 Å². The minimum absolute atomic E-state index is 0.194. The summed E-state index contributed by atoms with van der Waals surface area (Å²) in [4.78, 5) is 13.3. The van der Waals surface area contributed by atoms with Crippen molar-refractivity contribution in [3.05, 3.63) is 60.5 Å². The minimum atomic E-state index is -0.670. The molecule has 0 aromatic heterocycles. The number of rotatable bonds is 4. The van der Waals surface area contributed by atoms with Crippen LogP contribution in [-0.4, -0.2) is 18.6 Å². The van der Waals surface area contributed by atoms with Crippen molar-refractivity contribution in [3.63, 3.8) is 0 Å². The Morgan fingerprint density at radius 3 is 2.73 bits per heavy atom. The van der Waals surface area contributed by atoms with E-state index in [1.165, 1.54) is 11.8 Å². The Hall–Kier alpha value is -2.40. The second-order valence-corrected chi connectivity index (χ2v) is 5.64. The lowest BCUT2D eigenvalue weighted by atomic mass is 10.2. The maximum Gasteiger partial charge on any atom is 0.269 e. The molecule has 0 unspecified atom stereocenters. The smallest absolute Gasteiger partial charge is 0.269 e. The lowest BCUT2D eigenvalue weighted by Crippen LogP contribution is -2.40. The highest BCUT2D eigenvalue weighted by Gasteiger charge is 2.27. The highest BCUT2D eigenvalue weighted by molar-refractivity contribution is 8.02. The van der Waals surface area contributed by atoms with Crippen LogP contribution in [0.3, 0.4) is 0 Å². The number of hydrogen-bond acceptors (Lipinski definition) is 4. The lowest BCUT2D eigenvalue weighted by molar-refractivity contribution is -0.125. The first-order valence-electron chi connectivity index (χ1n) is 6.84. The van der Waals surface area contributed by atoms with Crippen LogP contribution in [0.5, 0.6) is 11.5 Å². The number of hydrogen-bond donors (Lipinski definition) is 1. The zero-order valence-corrected chi connectivity index (χ0v) is 12.6. The first-order valence-corrected chi connectivity index (χ1v) is 7.72. The van der Waals surface area contributed by atoms with E-state index in [0.717, 1.165) is 10.6 Å². The van der Waals surface area contributed by atoms with Crippen molar-refractivity contribution in [2.75, 3.05) is 11.9 Å². The predicted octanol–water partition coefficient (Wildman–Crippen LogP) is 3.70. The van der Waals surface area contributed by atoms with E-state index in [4.69, 9.17) is 9.47 Å². The summed E-state index contributed by atoms with van der Waals surface area (Å²) in [6, 6.07) is 14.9. The molecular weight excluding hydrogens is 298 g/mol. The molecule has 1 aliphatic rings. The standard InChI is InChI=1S/C17H15NO3S/c1-2-22-16-10-6-3-7-12(16)18-17(19)15-11-20-13-8-4-5-9-14(13)21-15/h2-10,15H,1,11H2,(H,18,19)/t15-/m1/s1. The number of amides is 1. The van der Waals surface area contributed by atoms with Crippen LogP contribution in [0.1, 0.15) is 0 Å². The van der Waals surface area contributed by atoms with Gasteiger partial charge in [-0.3, -0.25) is 4.79 Å². The van der Waals surface area contributed by atoms with Gasteiger partial charge in [-0.2, -0.15) is 0 Å². The first-order chi connectivity index (χ1) is 10.8. The van der Waals surface area contributed by atoms with Gasteiger partial charge in [0.15, 0.2) is 11.5 Å². The van der Waals surface area contributed by atoms with E-state index in [2.05, 4.69) is 11.9 Å². The maximum atomic E-state index is 12.4. The van der Waals surface area contributed by atoms with Crippen molar-refractivity contribution in [3.8, 4) is 11.5 Å². The van der Waals surface area contributed by atoms with Gasteiger partial charge in [0.05, 0.1) is 5.69 Å². The summed E-state index contributed by atoms with van der Waals surface area (Å²) in [5.41, 5.74) is 0.736. The van der Waals surface area contributed by atoms with Crippen LogP contribution >= 0.6 is 11.8 Å². The molecule has 3 rings (SSSR count). The molecular formula is C17H15NO3S. The van der Waals surface area contributed by atoms with E-state index >= 15 is 0 Å². The Morgan fingerprint density at radius 2 is 1.91 bits per heavy atom. The number of carbonyl (C=O) groups is 1. The molecule has 1 atom stereocenters. The van der Waals surface area contributed by atoms with Gasteiger partial charge in [-0.15, -0.1) is 0 Å². The molecule has 1 amide bonds. The zero-order valence-electron chi connectivity index (χ0n) is 11.8. The van der Waals surface area contributed by atoms with Gasteiger partial charge < -0.3 is 14.8 Å². The van der Waals surface area contributed by atoms with E-state index in [-0.39, 0.29) is 12.5 Å². The third-order valence-electron chi connectivity index (χ3n) is 3.16. The Labute approximate surface area is 133 Å². The topological polar surface area (TPSA) is 47.6 Å². The van der Waals surface area contributed by atoms with Crippen molar-refractivity contribution < 1.29 is 14.3 Å². The zero-order chi connectivity index (χ0) is 15.4. The second-order valence-electron chi connectivity index (χ2n) is 4.63. The molecule has 5 heteroatoms. The maximum absolute atomic E-state index is 12.4. The van der Waals surface area contributed by atoms with E-state index in [1.807, 2.05) is 42.5 Å². The molecule has 0 spiro atoms. The van der Waals surface area contributed by atoms with Crippen LogP contribution in [-0.2, 0) is 4.79 Å². The fraction of sp³-hybridized carbons (Fsp3) is 0.118. The molecule has 0 saturated carbocycles. The minimum Gasteiger partial charge on any atom is -0.485 e. The number of fused-ring (bicyclic) bond motifs is 1. The van der Waals surface area contributed by atoms with Crippen molar-refractivity contribution in [2.45, 2.75) is 11.0 Å². The summed E-state index contributed by atoms with van der Waals surface area (Å²) >= 11 is 1.46. The van der Waals surface area contributed by atoms with Gasteiger partial charge in [0.25, 0.3) is 5.91 Å². The third kappa shape index (κ3) is 3.09. The van der Waals surface area contributed by atoms with Gasteiger partial charge in [-0.1, -0.05) is 42.6 Å². The second kappa shape index (κ2) is 6.58. The fourth-order valence-corrected chi connectivity index (χ4v) is 2.71. The molecule has 1 aliphatic heterocycles. The summed E-state index contributed by atoms with van der Waals surface area (Å²) in [6.45, 7) is 3.89. The van der Waals surface area contributed by atoms with Gasteiger partial charge in [-0.05, 0) is 29.7 Å². The fourth-order valence-electron chi connectivity index (χ4n) is 2.12. The molecule has 0 saturated heterocycles. The summed E-state index contributed by atoms with van der Waals surface area (Å²) in [6.07, 6.45) is -0.670. The Bertz CT molecular complexity index is 702. The third-order valence-corrected chi connectivity index (χ3v) is 3.93. The van der Waals surface area contributed by atoms with Crippen LogP contribution in [0.15, 0.2) is 65.4 Å². The number of carbonyl (C=O) groups excluding carboxylic acids is 1. The number of anilines is 1. The van der Waals surface area contributed by atoms with Crippen molar-refractivity contribution in [2.24, 2.45) is 0 Å². The SMILES string of the molecule is C=CSc1ccccc1NC(=O)[C@H]1COc2ccccc2O1. The quantitative estimate of drug-likeness (QED) is 0.874. The molecule has 1 heterocycles. The number of nitrogens with one attached hydrogen (secondary N) is 1. The average molecular weight is 313 g/mol. The summed E-state index contributed by atoms with van der Waals surface area (Å²) in [5, 5.41) is 4.61. The van der Waals surface area contributed by atoms with Crippen LogP contribution < -0.4 is 14.8 Å². The number of benzene rings is 2. The van der Waals surface area contributed by atoms with Crippen LogP contribution in [0.2, 0.25) is 0 Å². The molecule has 22 heavy (non-hydrogen) atoms. The van der Waals surface area contributed by atoms with Crippen molar-refractivity contribution in [1.29, 1.82) is 0 Å². The molecule has 0 aliphatic carbocycles. The molecule has 0 fully saturated rings. The molecule has 1 N–H and O–H groups in total. The van der Waals surface area contributed by atoms with Gasteiger partial charge in [0, 0.05) is 4.90 Å². The highest BCUT2D eigenvalue weighted by Crippen LogP contribution is 2.32. The number of ether oxygens (including phenoxy) is 2. The molecule has 0 radical (unpaired) electrons. The predicted molar refractivity (Wildman–Crippen MR) is 87.5 cm³/mol. The van der Waals surface area contributed by atoms with Gasteiger partial charge in [0.1, 0.15) is 6.61 Å². The highest BCUT2D eigenvalue weighted by atomic mass is 32.2. The van der Waals surface area contributed by atoms with E-state index < -0.39 is 6.10 Å². The Balaban J connectivity index is 1.72. The molecule has 2 aromatic rings. The van der Waals surface area contributed by atoms with Crippen molar-refractivity contribution in [1.82, 2.24) is 0 Å². The molecule has 0 bridgehead atoms. The Morgan fingerprint density at radius 1 is 1.18 bits per heavy atom. The van der Waals surface area contributed by atoms with Crippen LogP contribution in [0.4, 0.5) is 5.69 Å². The number of thioether (sulfide) groups is 1. The number of para-hydroxylation sites is 3. The van der Waals surface area contributed by atoms with E-state index in [9.17, 15) is 4.79 Å². The van der Waals surface area contributed by atoms with Gasteiger partial charge >= 0.3 is 0 Å². The summed E-state index contributed by atoms with van der Waals surface area (Å²) in [7, 11) is 0. The van der Waals surface area contributed by atoms with Crippen LogP contribution in [0.25, 0.3) is 0 Å². The summed E-state index contributed by atoms with van der Waals surface area (Å²) in [5.74, 6) is 1.02. The molecule has 112 valence electrons. The monoisotopic (exact) mass is 313 g/mol.